The summed E-state index contributed by atoms with van der Waals surface area (Å²) in [4.78, 5) is 12.1. The van der Waals surface area contributed by atoms with Crippen molar-refractivity contribution in [2.45, 2.75) is 43.4 Å². The lowest BCUT2D eigenvalue weighted by Crippen LogP contribution is -2.53. The Morgan fingerprint density at radius 3 is 2.56 bits per heavy atom. The molecule has 0 aliphatic carbocycles. The maximum atomic E-state index is 12.1. The Balaban J connectivity index is 2.53. The monoisotopic (exact) mass is 371 g/mol. The normalized spacial score (nSPS) is 21.8. The molecule has 0 aromatic carbocycles. The first-order chi connectivity index (χ1) is 7.67. The highest BCUT2D eigenvalue weighted by molar-refractivity contribution is 9.09. The lowest BCUT2D eigenvalue weighted by molar-refractivity contribution is -0.122. The Labute approximate surface area is 119 Å². The second-order valence-corrected chi connectivity index (χ2v) is 6.68. The van der Waals surface area contributed by atoms with Crippen molar-refractivity contribution < 1.29 is 4.79 Å². The zero-order valence-corrected chi connectivity index (χ0v) is 13.6. The van der Waals surface area contributed by atoms with Gasteiger partial charge >= 0.3 is 0 Å². The van der Waals surface area contributed by atoms with Crippen LogP contribution in [0.1, 0.15) is 32.6 Å². The summed E-state index contributed by atoms with van der Waals surface area (Å²) in [5, 5.41) is 4.95. The van der Waals surface area contributed by atoms with Crippen molar-refractivity contribution in [3.63, 3.8) is 0 Å². The number of carbonyl (C=O) groups is 1. The highest BCUT2D eigenvalue weighted by atomic mass is 79.9. The number of alkyl halides is 2. The molecule has 2 nitrogen and oxygen atoms in total. The van der Waals surface area contributed by atoms with E-state index in [2.05, 4.69) is 44.1 Å². The Morgan fingerprint density at radius 1 is 1.44 bits per heavy atom. The van der Waals surface area contributed by atoms with Crippen LogP contribution in [-0.4, -0.2) is 33.1 Å². The first kappa shape index (κ1) is 14.8. The third-order valence-electron chi connectivity index (χ3n) is 3.05. The van der Waals surface area contributed by atoms with E-state index < -0.39 is 0 Å². The van der Waals surface area contributed by atoms with Gasteiger partial charge in [-0.05, 0) is 25.0 Å². The van der Waals surface area contributed by atoms with Crippen molar-refractivity contribution in [2.75, 3.05) is 16.4 Å². The fourth-order valence-corrected chi connectivity index (χ4v) is 4.87. The van der Waals surface area contributed by atoms with Crippen LogP contribution in [0.3, 0.4) is 0 Å². The van der Waals surface area contributed by atoms with Crippen molar-refractivity contribution in [3.8, 4) is 0 Å². The SMILES string of the molecule is CCC(CBr)(CBr)NC(=O)C1CCCCS1. The third kappa shape index (κ3) is 3.91. The minimum Gasteiger partial charge on any atom is -0.348 e. The van der Waals surface area contributed by atoms with E-state index in [9.17, 15) is 4.79 Å². The Kier molecular flexibility index (Phi) is 6.74. The van der Waals surface area contributed by atoms with Gasteiger partial charge in [0.05, 0.1) is 10.8 Å². The Morgan fingerprint density at radius 2 is 2.12 bits per heavy atom. The van der Waals surface area contributed by atoms with Gasteiger partial charge in [-0.2, -0.15) is 0 Å². The minimum absolute atomic E-state index is 0.130. The van der Waals surface area contributed by atoms with Crippen LogP contribution in [0.2, 0.25) is 0 Å². The summed E-state index contributed by atoms with van der Waals surface area (Å²) < 4.78 is 0. The van der Waals surface area contributed by atoms with Crippen molar-refractivity contribution in [3.05, 3.63) is 0 Å². The first-order valence-electron chi connectivity index (χ1n) is 5.73. The van der Waals surface area contributed by atoms with E-state index in [1.807, 2.05) is 0 Å². The molecule has 1 N–H and O–H groups in total. The molecule has 0 saturated carbocycles. The molecule has 1 unspecified atom stereocenters. The van der Waals surface area contributed by atoms with Crippen LogP contribution >= 0.6 is 43.6 Å². The van der Waals surface area contributed by atoms with E-state index in [4.69, 9.17) is 0 Å². The molecular formula is C11H19Br2NOS. The van der Waals surface area contributed by atoms with Gasteiger partial charge < -0.3 is 5.32 Å². The van der Waals surface area contributed by atoms with Crippen molar-refractivity contribution >= 4 is 49.5 Å². The molecular weight excluding hydrogens is 354 g/mol. The molecule has 1 rings (SSSR count). The number of amides is 1. The fourth-order valence-electron chi connectivity index (χ4n) is 1.67. The maximum Gasteiger partial charge on any atom is 0.233 e. The lowest BCUT2D eigenvalue weighted by atomic mass is 10.0. The Bertz CT molecular complexity index is 220. The summed E-state index contributed by atoms with van der Waals surface area (Å²) in [7, 11) is 0. The predicted molar refractivity (Wildman–Crippen MR) is 78.8 cm³/mol. The summed E-state index contributed by atoms with van der Waals surface area (Å²) in [5.41, 5.74) is -0.130. The summed E-state index contributed by atoms with van der Waals surface area (Å²) >= 11 is 8.79. The second kappa shape index (κ2) is 7.27. The fraction of sp³-hybridized carbons (Fsp3) is 0.909. The third-order valence-corrected chi connectivity index (χ3v) is 6.57. The van der Waals surface area contributed by atoms with Gasteiger partial charge in [0.25, 0.3) is 0 Å². The van der Waals surface area contributed by atoms with Crippen LogP contribution in [0.25, 0.3) is 0 Å². The average molecular weight is 373 g/mol. The molecule has 1 amide bonds. The summed E-state index contributed by atoms with van der Waals surface area (Å²) in [6.07, 6.45) is 4.41. The second-order valence-electron chi connectivity index (χ2n) is 4.25. The standard InChI is InChI=1S/C11H19Br2NOS/c1-2-11(7-12,8-13)14-10(15)9-5-3-4-6-16-9/h9H,2-8H2,1H3,(H,14,15). The highest BCUT2D eigenvalue weighted by Gasteiger charge is 2.31. The highest BCUT2D eigenvalue weighted by Crippen LogP contribution is 2.26. The van der Waals surface area contributed by atoms with Gasteiger partial charge in [-0.25, -0.2) is 0 Å². The van der Waals surface area contributed by atoms with Gasteiger partial charge in [-0.3, -0.25) is 4.79 Å². The van der Waals surface area contributed by atoms with Crippen molar-refractivity contribution in [1.82, 2.24) is 5.32 Å². The van der Waals surface area contributed by atoms with Crippen LogP contribution in [0, 0.1) is 0 Å². The molecule has 0 bridgehead atoms. The van der Waals surface area contributed by atoms with Gasteiger partial charge in [0.15, 0.2) is 0 Å². The Hall–Kier alpha value is 0.780. The quantitative estimate of drug-likeness (QED) is 0.750. The van der Waals surface area contributed by atoms with E-state index in [0.29, 0.717) is 0 Å². The smallest absolute Gasteiger partial charge is 0.233 e. The number of thioether (sulfide) groups is 1. The van der Waals surface area contributed by atoms with Crippen LogP contribution in [-0.2, 0) is 4.79 Å². The molecule has 1 aliphatic heterocycles. The molecule has 0 spiro atoms. The van der Waals surface area contributed by atoms with Crippen molar-refractivity contribution in [2.24, 2.45) is 0 Å². The van der Waals surface area contributed by atoms with E-state index >= 15 is 0 Å². The van der Waals surface area contributed by atoms with E-state index in [-0.39, 0.29) is 16.7 Å². The zero-order valence-electron chi connectivity index (χ0n) is 9.60. The number of hydrogen-bond donors (Lipinski definition) is 1. The summed E-state index contributed by atoms with van der Waals surface area (Å²) in [5.74, 6) is 1.34. The van der Waals surface area contributed by atoms with Gasteiger partial charge in [-0.1, -0.05) is 45.2 Å². The maximum absolute atomic E-state index is 12.1. The molecule has 16 heavy (non-hydrogen) atoms. The predicted octanol–water partition coefficient (Wildman–Crippen LogP) is 3.33. The number of hydrogen-bond acceptors (Lipinski definition) is 2. The number of rotatable bonds is 5. The molecule has 0 radical (unpaired) electrons. The number of carbonyl (C=O) groups excluding carboxylic acids is 1. The average Bonchev–Trinajstić information content (AvgIpc) is 2.37. The largest absolute Gasteiger partial charge is 0.348 e. The number of nitrogens with one attached hydrogen (secondary N) is 1. The van der Waals surface area contributed by atoms with Gasteiger partial charge in [0.2, 0.25) is 5.91 Å². The summed E-state index contributed by atoms with van der Waals surface area (Å²) in [6, 6.07) is 0. The topological polar surface area (TPSA) is 29.1 Å². The van der Waals surface area contributed by atoms with E-state index in [1.54, 1.807) is 11.8 Å². The van der Waals surface area contributed by atoms with Gasteiger partial charge in [0.1, 0.15) is 0 Å². The van der Waals surface area contributed by atoms with Crippen LogP contribution in [0.15, 0.2) is 0 Å². The minimum atomic E-state index is -0.130. The van der Waals surface area contributed by atoms with Crippen molar-refractivity contribution in [1.29, 1.82) is 0 Å². The van der Waals surface area contributed by atoms with Crippen LogP contribution in [0.4, 0.5) is 0 Å². The van der Waals surface area contributed by atoms with Gasteiger partial charge in [0, 0.05) is 10.7 Å². The first-order valence-corrected chi connectivity index (χ1v) is 9.02. The van der Waals surface area contributed by atoms with E-state index in [1.165, 1.54) is 12.8 Å². The zero-order chi connectivity index (χ0) is 12.0. The van der Waals surface area contributed by atoms with E-state index in [0.717, 1.165) is 29.3 Å². The summed E-state index contributed by atoms with van der Waals surface area (Å²) in [6.45, 7) is 2.11. The molecule has 1 fully saturated rings. The number of halogens is 2. The molecule has 1 atom stereocenters. The van der Waals surface area contributed by atoms with Crippen LogP contribution < -0.4 is 5.32 Å². The lowest BCUT2D eigenvalue weighted by Gasteiger charge is -2.32. The molecule has 0 aromatic rings. The van der Waals surface area contributed by atoms with Gasteiger partial charge in [-0.15, -0.1) is 11.8 Å². The molecule has 1 heterocycles. The van der Waals surface area contributed by atoms with Crippen LogP contribution in [0.5, 0.6) is 0 Å². The molecule has 5 heteroatoms. The molecule has 1 aliphatic rings. The molecule has 94 valence electrons. The molecule has 1 saturated heterocycles. The molecule has 0 aromatic heterocycles.